The molecule has 2 amide bonds. The second-order valence-electron chi connectivity index (χ2n) is 4.72. The molecule has 0 aliphatic carbocycles. The third-order valence-corrected chi connectivity index (χ3v) is 3.24. The molecule has 0 radical (unpaired) electrons. The van der Waals surface area contributed by atoms with Crippen LogP contribution in [0.25, 0.3) is 0 Å². The number of primary amides is 1. The van der Waals surface area contributed by atoms with Crippen molar-refractivity contribution >= 4 is 22.1 Å². The summed E-state index contributed by atoms with van der Waals surface area (Å²) in [6.45, 7) is 0. The average Bonchev–Trinajstić information content (AvgIpc) is 2.37. The molecule has 122 valence electrons. The van der Waals surface area contributed by atoms with E-state index >= 15 is 0 Å². The fraction of sp³-hybridized carbons (Fsp3) is 0.385. The molecule has 0 saturated heterocycles. The highest BCUT2D eigenvalue weighted by Crippen LogP contribution is 2.15. The lowest BCUT2D eigenvalue weighted by Crippen LogP contribution is -2.43. The zero-order valence-electron chi connectivity index (χ0n) is 12.0. The van der Waals surface area contributed by atoms with E-state index in [-0.39, 0.29) is 12.2 Å². The lowest BCUT2D eigenvalue weighted by molar-refractivity contribution is -0.139. The van der Waals surface area contributed by atoms with Crippen LogP contribution in [0.3, 0.4) is 0 Å². The lowest BCUT2D eigenvalue weighted by atomic mass is 10.0. The van der Waals surface area contributed by atoms with E-state index in [9.17, 15) is 18.0 Å². The summed E-state index contributed by atoms with van der Waals surface area (Å²) in [7, 11) is -3.56. The van der Waals surface area contributed by atoms with Crippen LogP contribution in [0, 0.1) is 0 Å². The molecule has 8 nitrogen and oxygen atoms in total. The smallest absolute Gasteiger partial charge is 0.326 e. The van der Waals surface area contributed by atoms with Crippen LogP contribution in [0.15, 0.2) is 24.3 Å². The van der Waals surface area contributed by atoms with Crippen molar-refractivity contribution in [3.05, 3.63) is 29.8 Å². The zero-order chi connectivity index (χ0) is 16.8. The van der Waals surface area contributed by atoms with Gasteiger partial charge in [0.25, 0.3) is 0 Å². The Labute approximate surface area is 128 Å². The summed E-state index contributed by atoms with van der Waals surface area (Å²) in [5.74, 6) is -0.930. The first-order chi connectivity index (χ1) is 10.2. The maximum absolute atomic E-state index is 11.0. The SMILES string of the molecule is CS(=O)(=O)Oc1ccc(CCCC(NC(N)=O)C(=O)O)cc1. The molecule has 4 N–H and O–H groups in total. The molecule has 0 heterocycles. The molecule has 0 aliphatic heterocycles. The molecule has 0 bridgehead atoms. The first-order valence-corrected chi connectivity index (χ1v) is 8.26. The van der Waals surface area contributed by atoms with E-state index in [2.05, 4.69) is 5.32 Å². The van der Waals surface area contributed by atoms with E-state index in [4.69, 9.17) is 15.0 Å². The van der Waals surface area contributed by atoms with Crippen molar-refractivity contribution in [1.29, 1.82) is 0 Å². The molecule has 1 atom stereocenters. The van der Waals surface area contributed by atoms with Crippen molar-refractivity contribution in [1.82, 2.24) is 5.32 Å². The molecule has 0 spiro atoms. The highest BCUT2D eigenvalue weighted by molar-refractivity contribution is 7.86. The highest BCUT2D eigenvalue weighted by Gasteiger charge is 2.17. The number of carboxylic acids is 1. The predicted molar refractivity (Wildman–Crippen MR) is 79.0 cm³/mol. The number of aryl methyl sites for hydroxylation is 1. The molecule has 0 fully saturated rings. The van der Waals surface area contributed by atoms with Gasteiger partial charge in [0.05, 0.1) is 6.26 Å². The third-order valence-electron chi connectivity index (χ3n) is 2.74. The van der Waals surface area contributed by atoms with Crippen molar-refractivity contribution in [2.75, 3.05) is 6.26 Å². The fourth-order valence-electron chi connectivity index (χ4n) is 1.83. The number of rotatable bonds is 8. The van der Waals surface area contributed by atoms with Gasteiger partial charge in [-0.15, -0.1) is 0 Å². The Hall–Kier alpha value is -2.29. The normalized spacial score (nSPS) is 12.4. The molecule has 0 aromatic heterocycles. The number of amides is 2. The average molecular weight is 330 g/mol. The molecule has 1 rings (SSSR count). The van der Waals surface area contributed by atoms with E-state index in [0.717, 1.165) is 11.8 Å². The summed E-state index contributed by atoms with van der Waals surface area (Å²) in [6.07, 6.45) is 2.28. The lowest BCUT2D eigenvalue weighted by Gasteiger charge is -2.12. The van der Waals surface area contributed by atoms with Gasteiger partial charge >= 0.3 is 22.1 Å². The van der Waals surface area contributed by atoms with Gasteiger partial charge in [-0.1, -0.05) is 12.1 Å². The number of carbonyl (C=O) groups is 2. The highest BCUT2D eigenvalue weighted by atomic mass is 32.2. The standard InChI is InChI=1S/C13H18N2O6S/c1-22(19,20)21-10-7-5-9(6-8-10)3-2-4-11(12(16)17)15-13(14)18/h5-8,11H,2-4H2,1H3,(H,16,17)(H3,14,15,18). The summed E-state index contributed by atoms with van der Waals surface area (Å²) >= 11 is 0. The first kappa shape index (κ1) is 17.8. The number of benzene rings is 1. The number of carboxylic acid groups (broad SMARTS) is 1. The van der Waals surface area contributed by atoms with Gasteiger partial charge in [-0.3, -0.25) is 0 Å². The van der Waals surface area contributed by atoms with Crippen molar-refractivity contribution in [3.63, 3.8) is 0 Å². The third kappa shape index (κ3) is 6.93. The van der Waals surface area contributed by atoms with Crippen molar-refractivity contribution in [2.45, 2.75) is 25.3 Å². The Bertz CT molecular complexity index is 626. The number of hydrogen-bond acceptors (Lipinski definition) is 5. The number of nitrogens with two attached hydrogens (primary N) is 1. The Morgan fingerprint density at radius 1 is 1.32 bits per heavy atom. The van der Waals surface area contributed by atoms with Crippen LogP contribution in [0.1, 0.15) is 18.4 Å². The van der Waals surface area contributed by atoms with E-state index in [0.29, 0.717) is 12.8 Å². The first-order valence-electron chi connectivity index (χ1n) is 6.44. The summed E-state index contributed by atoms with van der Waals surface area (Å²) in [5, 5.41) is 11.1. The molecule has 1 aromatic rings. The molecule has 0 aliphatic rings. The summed E-state index contributed by atoms with van der Waals surface area (Å²) in [6, 6.07) is 4.52. The van der Waals surface area contributed by atoms with Crippen LogP contribution in [0.4, 0.5) is 4.79 Å². The van der Waals surface area contributed by atoms with Crippen LogP contribution < -0.4 is 15.2 Å². The van der Waals surface area contributed by atoms with Gasteiger partial charge in [-0.25, -0.2) is 9.59 Å². The summed E-state index contributed by atoms with van der Waals surface area (Å²) in [4.78, 5) is 21.6. The summed E-state index contributed by atoms with van der Waals surface area (Å²) in [5.41, 5.74) is 5.80. The second-order valence-corrected chi connectivity index (χ2v) is 6.30. The minimum atomic E-state index is -3.56. The topological polar surface area (TPSA) is 136 Å². The van der Waals surface area contributed by atoms with Crippen molar-refractivity contribution in [3.8, 4) is 5.75 Å². The maximum Gasteiger partial charge on any atom is 0.326 e. The van der Waals surface area contributed by atoms with Gasteiger partial charge in [0.2, 0.25) is 0 Å². The predicted octanol–water partition coefficient (Wildman–Crippen LogP) is 0.469. The largest absolute Gasteiger partial charge is 0.480 e. The van der Waals surface area contributed by atoms with Gasteiger partial charge < -0.3 is 20.3 Å². The monoisotopic (exact) mass is 330 g/mol. The quantitative estimate of drug-likeness (QED) is 0.593. The van der Waals surface area contributed by atoms with E-state index in [1.807, 2.05) is 0 Å². The molecular formula is C13H18N2O6S. The van der Waals surface area contributed by atoms with Gasteiger partial charge in [0.15, 0.2) is 0 Å². The Morgan fingerprint density at radius 2 is 1.91 bits per heavy atom. The van der Waals surface area contributed by atoms with Crippen LogP contribution in [-0.2, 0) is 21.3 Å². The molecular weight excluding hydrogens is 312 g/mol. The van der Waals surface area contributed by atoms with Crippen LogP contribution in [-0.4, -0.2) is 37.8 Å². The molecule has 1 aromatic carbocycles. The molecule has 1 unspecified atom stereocenters. The number of aliphatic carboxylic acids is 1. The number of carbonyl (C=O) groups excluding carboxylic acids is 1. The molecule has 0 saturated carbocycles. The second kappa shape index (κ2) is 7.64. The van der Waals surface area contributed by atoms with E-state index < -0.39 is 28.2 Å². The number of hydrogen-bond donors (Lipinski definition) is 3. The number of nitrogens with one attached hydrogen (secondary N) is 1. The van der Waals surface area contributed by atoms with Gasteiger partial charge in [0.1, 0.15) is 11.8 Å². The van der Waals surface area contributed by atoms with E-state index in [1.54, 1.807) is 12.1 Å². The van der Waals surface area contributed by atoms with Crippen molar-refractivity contribution in [2.24, 2.45) is 5.73 Å². The number of urea groups is 1. The molecule has 9 heteroatoms. The Kier molecular flexibility index (Phi) is 6.17. The Morgan fingerprint density at radius 3 is 2.36 bits per heavy atom. The van der Waals surface area contributed by atoms with Crippen LogP contribution >= 0.6 is 0 Å². The van der Waals surface area contributed by atoms with Crippen LogP contribution in [0.2, 0.25) is 0 Å². The van der Waals surface area contributed by atoms with E-state index in [1.165, 1.54) is 12.1 Å². The van der Waals surface area contributed by atoms with Gasteiger partial charge in [0, 0.05) is 0 Å². The summed E-state index contributed by atoms with van der Waals surface area (Å²) < 4.78 is 26.6. The maximum atomic E-state index is 11.0. The minimum absolute atomic E-state index is 0.213. The zero-order valence-corrected chi connectivity index (χ0v) is 12.8. The van der Waals surface area contributed by atoms with Crippen molar-refractivity contribution < 1.29 is 27.3 Å². The Balaban J connectivity index is 2.51. The minimum Gasteiger partial charge on any atom is -0.480 e. The van der Waals surface area contributed by atoms with Crippen LogP contribution in [0.5, 0.6) is 5.75 Å². The van der Waals surface area contributed by atoms with Gasteiger partial charge in [-0.2, -0.15) is 8.42 Å². The molecule has 22 heavy (non-hydrogen) atoms. The van der Waals surface area contributed by atoms with Gasteiger partial charge in [-0.05, 0) is 37.0 Å². The fourth-order valence-corrected chi connectivity index (χ4v) is 2.29.